The molecule has 3 rings (SSSR count). The molecule has 0 atom stereocenters. The molecule has 7 heteroatoms. The van der Waals surface area contributed by atoms with Crippen molar-refractivity contribution in [1.29, 1.82) is 0 Å². The van der Waals surface area contributed by atoms with Gasteiger partial charge in [0.1, 0.15) is 11.6 Å². The maximum atomic E-state index is 14.4. The van der Waals surface area contributed by atoms with Crippen LogP contribution < -0.4 is 10.3 Å². The van der Waals surface area contributed by atoms with Crippen molar-refractivity contribution in [2.75, 3.05) is 6.61 Å². The molecule has 0 amide bonds. The number of hydrogen-bond acceptors (Lipinski definition) is 2. The normalized spacial score (nSPS) is 14.2. The fourth-order valence-corrected chi connectivity index (χ4v) is 2.87. The Hall–Kier alpha value is -1.51. The van der Waals surface area contributed by atoms with Crippen LogP contribution in [0.5, 0.6) is 5.75 Å². The van der Waals surface area contributed by atoms with Crippen molar-refractivity contribution >= 4 is 22.6 Å². The highest BCUT2D eigenvalue weighted by Crippen LogP contribution is 2.31. The number of aromatic nitrogens is 1. The summed E-state index contributed by atoms with van der Waals surface area (Å²) in [5.74, 6) is 0.337. The minimum absolute atomic E-state index is 0.0999. The van der Waals surface area contributed by atoms with Gasteiger partial charge in [-0.3, -0.25) is 4.79 Å². The highest BCUT2D eigenvalue weighted by molar-refractivity contribution is 14.1. The van der Waals surface area contributed by atoms with E-state index < -0.39 is 24.3 Å². The lowest BCUT2D eigenvalue weighted by Crippen LogP contribution is -2.26. The lowest BCUT2D eigenvalue weighted by Gasteiger charge is -2.14. The van der Waals surface area contributed by atoms with Gasteiger partial charge in [-0.15, -0.1) is 0 Å². The number of nitrogens with zero attached hydrogens (tertiary/aromatic N) is 1. The summed E-state index contributed by atoms with van der Waals surface area (Å²) in [6.07, 6.45) is -0.449. The molecule has 0 bridgehead atoms. The molecule has 1 aliphatic rings. The molecule has 1 aliphatic carbocycles. The SMILES string of the molecule is O=c1c(I)ccc(-c2ccc(OCC3CC3)cc2F)n1CC(F)F. The van der Waals surface area contributed by atoms with Crippen LogP contribution in [0.25, 0.3) is 11.3 Å². The van der Waals surface area contributed by atoms with Crippen LogP contribution in [-0.2, 0) is 6.54 Å². The first-order chi connectivity index (χ1) is 11.5. The first kappa shape index (κ1) is 17.3. The number of alkyl halides is 2. The molecular weight excluding hydrogens is 434 g/mol. The van der Waals surface area contributed by atoms with Crippen LogP contribution >= 0.6 is 22.6 Å². The minimum Gasteiger partial charge on any atom is -0.493 e. The van der Waals surface area contributed by atoms with Crippen molar-refractivity contribution in [3.8, 4) is 17.0 Å². The molecule has 0 unspecified atom stereocenters. The Morgan fingerprint density at radius 1 is 1.25 bits per heavy atom. The number of benzene rings is 1. The van der Waals surface area contributed by atoms with Gasteiger partial charge in [-0.2, -0.15) is 0 Å². The summed E-state index contributed by atoms with van der Waals surface area (Å²) in [4.78, 5) is 12.1. The van der Waals surface area contributed by atoms with Gasteiger partial charge >= 0.3 is 0 Å². The second kappa shape index (κ2) is 7.16. The third-order valence-corrected chi connectivity index (χ3v) is 4.67. The number of hydrogen-bond donors (Lipinski definition) is 0. The second-order valence-corrected chi connectivity index (χ2v) is 6.93. The molecule has 1 fully saturated rings. The van der Waals surface area contributed by atoms with Gasteiger partial charge < -0.3 is 9.30 Å². The molecule has 2 aromatic rings. The van der Waals surface area contributed by atoms with Gasteiger partial charge in [-0.1, -0.05) is 0 Å². The Morgan fingerprint density at radius 3 is 2.62 bits per heavy atom. The predicted octanol–water partition coefficient (Wildman–Crippen LogP) is 4.31. The van der Waals surface area contributed by atoms with Crippen molar-refractivity contribution in [2.45, 2.75) is 25.8 Å². The molecule has 1 heterocycles. The number of rotatable bonds is 6. The summed E-state index contributed by atoms with van der Waals surface area (Å²) in [5, 5.41) is 0. The van der Waals surface area contributed by atoms with Gasteiger partial charge in [0.05, 0.1) is 22.4 Å². The molecule has 0 spiro atoms. The summed E-state index contributed by atoms with van der Waals surface area (Å²) in [6, 6.07) is 7.26. The van der Waals surface area contributed by atoms with Crippen LogP contribution in [0.3, 0.4) is 0 Å². The third-order valence-electron chi connectivity index (χ3n) is 3.85. The molecule has 0 saturated heterocycles. The van der Waals surface area contributed by atoms with Gasteiger partial charge in [0.2, 0.25) is 0 Å². The first-order valence-electron chi connectivity index (χ1n) is 7.56. The van der Waals surface area contributed by atoms with Crippen LogP contribution in [0.4, 0.5) is 13.2 Å². The van der Waals surface area contributed by atoms with Crippen molar-refractivity contribution in [3.05, 3.63) is 50.1 Å². The van der Waals surface area contributed by atoms with Crippen molar-refractivity contribution < 1.29 is 17.9 Å². The van der Waals surface area contributed by atoms with Gasteiger partial charge in [-0.25, -0.2) is 13.2 Å². The summed E-state index contributed by atoms with van der Waals surface area (Å²) in [5.41, 5.74) is -0.322. The van der Waals surface area contributed by atoms with E-state index in [1.165, 1.54) is 24.3 Å². The van der Waals surface area contributed by atoms with Gasteiger partial charge in [0.25, 0.3) is 12.0 Å². The van der Waals surface area contributed by atoms with E-state index in [1.807, 2.05) is 0 Å². The Balaban J connectivity index is 1.95. The van der Waals surface area contributed by atoms with E-state index in [-0.39, 0.29) is 11.3 Å². The molecule has 3 nitrogen and oxygen atoms in total. The molecule has 24 heavy (non-hydrogen) atoms. The molecule has 0 N–H and O–H groups in total. The fourth-order valence-electron chi connectivity index (χ4n) is 2.40. The zero-order chi connectivity index (χ0) is 17.3. The van der Waals surface area contributed by atoms with E-state index in [0.29, 0.717) is 21.8 Å². The van der Waals surface area contributed by atoms with Crippen LogP contribution in [0.15, 0.2) is 35.1 Å². The summed E-state index contributed by atoms with van der Waals surface area (Å²) >= 11 is 1.78. The first-order valence-corrected chi connectivity index (χ1v) is 8.64. The molecule has 128 valence electrons. The minimum atomic E-state index is -2.70. The summed E-state index contributed by atoms with van der Waals surface area (Å²) < 4.78 is 46.8. The van der Waals surface area contributed by atoms with Gasteiger partial charge in [-0.05, 0) is 65.6 Å². The van der Waals surface area contributed by atoms with E-state index in [9.17, 15) is 18.0 Å². The van der Waals surface area contributed by atoms with Gasteiger partial charge in [0.15, 0.2) is 0 Å². The zero-order valence-corrected chi connectivity index (χ0v) is 14.8. The molecule has 0 aliphatic heterocycles. The highest BCUT2D eigenvalue weighted by atomic mass is 127. The summed E-state index contributed by atoms with van der Waals surface area (Å²) in [7, 11) is 0. The van der Waals surface area contributed by atoms with Crippen LogP contribution in [0, 0.1) is 15.3 Å². The van der Waals surface area contributed by atoms with Crippen molar-refractivity contribution in [2.24, 2.45) is 5.92 Å². The van der Waals surface area contributed by atoms with Crippen LogP contribution in [-0.4, -0.2) is 17.6 Å². The third kappa shape index (κ3) is 3.93. The lowest BCUT2D eigenvalue weighted by molar-refractivity contribution is 0.125. The monoisotopic (exact) mass is 449 g/mol. The maximum absolute atomic E-state index is 14.4. The van der Waals surface area contributed by atoms with E-state index in [2.05, 4.69) is 0 Å². The average molecular weight is 449 g/mol. The van der Waals surface area contributed by atoms with E-state index >= 15 is 0 Å². The van der Waals surface area contributed by atoms with Crippen LogP contribution in [0.1, 0.15) is 12.8 Å². The molecule has 1 aromatic carbocycles. The molecule has 1 aromatic heterocycles. The molecule has 0 radical (unpaired) electrons. The number of ether oxygens (including phenoxy) is 1. The topological polar surface area (TPSA) is 31.2 Å². The Morgan fingerprint density at radius 2 is 2.00 bits per heavy atom. The van der Waals surface area contributed by atoms with Gasteiger partial charge in [0, 0.05) is 11.6 Å². The molecule has 1 saturated carbocycles. The standard InChI is InChI=1S/C17H15F3INO2/c18-13-7-11(24-9-10-1-2-10)3-4-12(13)15-6-5-14(21)17(23)22(15)8-16(19)20/h3-7,10,16H,1-2,8-9H2. The number of pyridine rings is 1. The lowest BCUT2D eigenvalue weighted by atomic mass is 10.1. The van der Waals surface area contributed by atoms with Crippen LogP contribution in [0.2, 0.25) is 0 Å². The van der Waals surface area contributed by atoms with E-state index in [1.54, 1.807) is 28.7 Å². The van der Waals surface area contributed by atoms with Crippen molar-refractivity contribution in [1.82, 2.24) is 4.57 Å². The maximum Gasteiger partial charge on any atom is 0.264 e. The van der Waals surface area contributed by atoms with E-state index in [4.69, 9.17) is 4.74 Å². The largest absolute Gasteiger partial charge is 0.493 e. The zero-order valence-electron chi connectivity index (χ0n) is 12.6. The average Bonchev–Trinajstić information content (AvgIpc) is 3.35. The smallest absolute Gasteiger partial charge is 0.264 e. The quantitative estimate of drug-likeness (QED) is 0.616. The predicted molar refractivity (Wildman–Crippen MR) is 93.0 cm³/mol. The Labute approximate surface area is 150 Å². The summed E-state index contributed by atoms with van der Waals surface area (Å²) in [6.45, 7) is -0.219. The Kier molecular flexibility index (Phi) is 5.17. The van der Waals surface area contributed by atoms with E-state index in [0.717, 1.165) is 17.4 Å². The second-order valence-electron chi connectivity index (χ2n) is 5.77. The number of halogens is 4. The Bertz CT molecular complexity index is 803. The van der Waals surface area contributed by atoms with Crippen molar-refractivity contribution in [3.63, 3.8) is 0 Å². The fraction of sp³-hybridized carbons (Fsp3) is 0.353. The highest BCUT2D eigenvalue weighted by Gasteiger charge is 2.22. The molecular formula is C17H15F3INO2.